The van der Waals surface area contributed by atoms with Crippen LogP contribution in [0.5, 0.6) is 0 Å². The molecule has 0 bridgehead atoms. The van der Waals surface area contributed by atoms with Crippen molar-refractivity contribution in [1.29, 1.82) is 0 Å². The van der Waals surface area contributed by atoms with Crippen molar-refractivity contribution in [2.24, 2.45) is 0 Å². The van der Waals surface area contributed by atoms with Gasteiger partial charge in [0.25, 0.3) is 0 Å². The second-order valence-corrected chi connectivity index (χ2v) is 7.47. The summed E-state index contributed by atoms with van der Waals surface area (Å²) in [5.74, 6) is -1.12. The summed E-state index contributed by atoms with van der Waals surface area (Å²) in [5.41, 5.74) is 2.73. The molecule has 6 heteroatoms. The fraction of sp³-hybridized carbons (Fsp3) is 0.143. The molecule has 0 heterocycles. The van der Waals surface area contributed by atoms with Gasteiger partial charge in [0.2, 0.25) is 0 Å². The second kappa shape index (κ2) is 8.77. The van der Waals surface area contributed by atoms with E-state index in [9.17, 15) is 13.0 Å². The first kappa shape index (κ1) is 19.0. The van der Waals surface area contributed by atoms with Crippen molar-refractivity contribution >= 4 is 22.2 Å². The zero-order valence-corrected chi connectivity index (χ0v) is 15.7. The molecular formula is C21H20F2N2OS. The SMILES string of the molecule is CS(=O)c1ccc(CNc2cccc(NCc3c(F)cccc3F)c2)cc1. The Balaban J connectivity index is 1.61. The van der Waals surface area contributed by atoms with E-state index < -0.39 is 22.4 Å². The van der Waals surface area contributed by atoms with E-state index in [2.05, 4.69) is 10.6 Å². The van der Waals surface area contributed by atoms with Crippen molar-refractivity contribution < 1.29 is 13.0 Å². The van der Waals surface area contributed by atoms with Crippen molar-refractivity contribution in [3.63, 3.8) is 0 Å². The maximum absolute atomic E-state index is 13.7. The summed E-state index contributed by atoms with van der Waals surface area (Å²) in [5, 5.41) is 6.35. The molecule has 0 amide bonds. The van der Waals surface area contributed by atoms with E-state index in [1.54, 1.807) is 6.26 Å². The quantitative estimate of drug-likeness (QED) is 0.605. The van der Waals surface area contributed by atoms with Gasteiger partial charge in [-0.05, 0) is 48.0 Å². The molecule has 1 unspecified atom stereocenters. The molecule has 0 aliphatic heterocycles. The van der Waals surface area contributed by atoms with Crippen molar-refractivity contribution in [2.75, 3.05) is 16.9 Å². The van der Waals surface area contributed by atoms with E-state index in [1.165, 1.54) is 18.2 Å². The lowest BCUT2D eigenvalue weighted by Gasteiger charge is -2.11. The summed E-state index contributed by atoms with van der Waals surface area (Å²) < 4.78 is 38.8. The lowest BCUT2D eigenvalue weighted by Crippen LogP contribution is -2.05. The number of benzene rings is 3. The first-order valence-corrected chi connectivity index (χ1v) is 10.0. The highest BCUT2D eigenvalue weighted by atomic mass is 32.2. The molecule has 2 N–H and O–H groups in total. The largest absolute Gasteiger partial charge is 0.381 e. The monoisotopic (exact) mass is 386 g/mol. The number of halogens is 2. The molecule has 1 atom stereocenters. The summed E-state index contributed by atoms with van der Waals surface area (Å²) >= 11 is 0. The van der Waals surface area contributed by atoms with Crippen LogP contribution in [0.2, 0.25) is 0 Å². The number of rotatable bonds is 7. The van der Waals surface area contributed by atoms with E-state index in [0.29, 0.717) is 6.54 Å². The molecule has 0 aliphatic carbocycles. The van der Waals surface area contributed by atoms with Crippen LogP contribution in [0.4, 0.5) is 20.2 Å². The molecular weight excluding hydrogens is 366 g/mol. The van der Waals surface area contributed by atoms with Gasteiger partial charge in [-0.25, -0.2) is 8.78 Å². The third-order valence-electron chi connectivity index (χ3n) is 4.15. The highest BCUT2D eigenvalue weighted by Crippen LogP contribution is 2.19. The molecule has 140 valence electrons. The predicted molar refractivity (Wildman–Crippen MR) is 106 cm³/mol. The van der Waals surface area contributed by atoms with E-state index in [4.69, 9.17) is 0 Å². The smallest absolute Gasteiger partial charge is 0.131 e. The van der Waals surface area contributed by atoms with Gasteiger partial charge in [0.1, 0.15) is 11.6 Å². The number of hydrogen-bond acceptors (Lipinski definition) is 3. The Kier molecular flexibility index (Phi) is 6.19. The highest BCUT2D eigenvalue weighted by molar-refractivity contribution is 7.84. The van der Waals surface area contributed by atoms with Gasteiger partial charge in [0.05, 0.1) is 0 Å². The maximum Gasteiger partial charge on any atom is 0.131 e. The van der Waals surface area contributed by atoms with Crippen molar-refractivity contribution in [3.05, 3.63) is 89.5 Å². The molecule has 0 saturated heterocycles. The first-order chi connectivity index (χ1) is 13.0. The average molecular weight is 386 g/mol. The van der Waals surface area contributed by atoms with Crippen molar-refractivity contribution in [2.45, 2.75) is 18.0 Å². The third-order valence-corrected chi connectivity index (χ3v) is 5.08. The Morgan fingerprint density at radius 1 is 0.815 bits per heavy atom. The van der Waals surface area contributed by atoms with Crippen LogP contribution >= 0.6 is 0 Å². The van der Waals surface area contributed by atoms with Gasteiger partial charge in [-0.15, -0.1) is 0 Å². The molecule has 3 rings (SSSR count). The lowest BCUT2D eigenvalue weighted by molar-refractivity contribution is 0.560. The summed E-state index contributed by atoms with van der Waals surface area (Å²) in [6.45, 7) is 0.680. The molecule has 0 spiro atoms. The highest BCUT2D eigenvalue weighted by Gasteiger charge is 2.08. The van der Waals surface area contributed by atoms with Crippen LogP contribution in [0, 0.1) is 11.6 Å². The second-order valence-electron chi connectivity index (χ2n) is 6.09. The summed E-state index contributed by atoms with van der Waals surface area (Å²) in [6, 6.07) is 18.9. The van der Waals surface area contributed by atoms with E-state index in [-0.39, 0.29) is 12.1 Å². The van der Waals surface area contributed by atoms with Crippen LogP contribution < -0.4 is 10.6 Å². The van der Waals surface area contributed by atoms with Crippen LogP contribution in [0.25, 0.3) is 0 Å². The van der Waals surface area contributed by atoms with Gasteiger partial charge in [-0.1, -0.05) is 24.3 Å². The van der Waals surface area contributed by atoms with E-state index >= 15 is 0 Å². The first-order valence-electron chi connectivity index (χ1n) is 8.46. The zero-order chi connectivity index (χ0) is 19.2. The Labute approximate surface area is 159 Å². The fourth-order valence-electron chi connectivity index (χ4n) is 2.63. The summed E-state index contributed by atoms with van der Waals surface area (Å²) in [4.78, 5) is 0.797. The molecule has 3 aromatic carbocycles. The van der Waals surface area contributed by atoms with Gasteiger partial charge in [-0.3, -0.25) is 4.21 Å². The van der Waals surface area contributed by atoms with Crippen LogP contribution in [0.15, 0.2) is 71.6 Å². The van der Waals surface area contributed by atoms with Crippen LogP contribution in [0.3, 0.4) is 0 Å². The van der Waals surface area contributed by atoms with Gasteiger partial charge in [0, 0.05) is 52.0 Å². The average Bonchev–Trinajstić information content (AvgIpc) is 2.67. The topological polar surface area (TPSA) is 41.1 Å². The number of anilines is 2. The summed E-state index contributed by atoms with van der Waals surface area (Å²) in [7, 11) is -0.984. The normalized spacial score (nSPS) is 11.8. The van der Waals surface area contributed by atoms with Crippen molar-refractivity contribution in [1.82, 2.24) is 0 Å². The van der Waals surface area contributed by atoms with E-state index in [0.717, 1.165) is 21.8 Å². The zero-order valence-electron chi connectivity index (χ0n) is 14.8. The van der Waals surface area contributed by atoms with Gasteiger partial charge in [-0.2, -0.15) is 0 Å². The Morgan fingerprint density at radius 3 is 1.96 bits per heavy atom. The van der Waals surface area contributed by atoms with Gasteiger partial charge < -0.3 is 10.6 Å². The minimum absolute atomic E-state index is 0.0178. The molecule has 27 heavy (non-hydrogen) atoms. The molecule has 3 nitrogen and oxygen atoms in total. The minimum atomic E-state index is -0.984. The molecule has 0 aromatic heterocycles. The van der Waals surface area contributed by atoms with Crippen LogP contribution in [-0.4, -0.2) is 10.5 Å². The van der Waals surface area contributed by atoms with Crippen molar-refractivity contribution in [3.8, 4) is 0 Å². The molecule has 0 saturated carbocycles. The lowest BCUT2D eigenvalue weighted by atomic mass is 10.2. The maximum atomic E-state index is 13.7. The standard InChI is InChI=1S/C21H20F2N2OS/c1-27(26)18-10-8-15(9-11-18)13-24-16-4-2-5-17(12-16)25-14-19-20(22)6-3-7-21(19)23/h2-12,24-25H,13-14H2,1H3. The van der Waals surface area contributed by atoms with Crippen LogP contribution in [0.1, 0.15) is 11.1 Å². The molecule has 3 aromatic rings. The fourth-order valence-corrected chi connectivity index (χ4v) is 3.15. The number of hydrogen-bond donors (Lipinski definition) is 2. The van der Waals surface area contributed by atoms with Crippen LogP contribution in [-0.2, 0) is 23.9 Å². The van der Waals surface area contributed by atoms with Gasteiger partial charge in [0.15, 0.2) is 0 Å². The Morgan fingerprint density at radius 2 is 1.37 bits per heavy atom. The Hall–Kier alpha value is -2.73. The molecule has 0 fully saturated rings. The van der Waals surface area contributed by atoms with Gasteiger partial charge >= 0.3 is 0 Å². The Bertz CT molecular complexity index is 925. The number of nitrogens with one attached hydrogen (secondary N) is 2. The predicted octanol–water partition coefficient (Wildman–Crippen LogP) is 4.93. The van der Waals surface area contributed by atoms with E-state index in [1.807, 2.05) is 48.5 Å². The minimum Gasteiger partial charge on any atom is -0.381 e. The summed E-state index contributed by atoms with van der Waals surface area (Å²) in [6.07, 6.45) is 1.65. The third kappa shape index (κ3) is 5.14. The molecule has 0 radical (unpaired) electrons. The molecule has 0 aliphatic rings.